The fourth-order valence-electron chi connectivity index (χ4n) is 7.16. The molecule has 0 saturated heterocycles. The highest BCUT2D eigenvalue weighted by molar-refractivity contribution is 5.82. The van der Waals surface area contributed by atoms with Crippen LogP contribution in [-0.2, 0) is 33.3 Å². The molecule has 0 bridgehead atoms. The number of aliphatic carboxylic acids is 1. The van der Waals surface area contributed by atoms with E-state index in [2.05, 4.69) is 20.4 Å². The van der Waals surface area contributed by atoms with Gasteiger partial charge in [-0.1, -0.05) is 51.8 Å². The Kier molecular flexibility index (Phi) is 14.6. The van der Waals surface area contributed by atoms with Crippen molar-refractivity contribution in [3.8, 4) is 0 Å². The zero-order valence-corrected chi connectivity index (χ0v) is 25.8. The molecule has 3 aliphatic carbocycles. The Morgan fingerprint density at radius 2 is 1.40 bits per heavy atom. The fourth-order valence-corrected chi connectivity index (χ4v) is 7.16. The first-order valence-electron chi connectivity index (χ1n) is 16.1. The van der Waals surface area contributed by atoms with E-state index in [1.165, 1.54) is 0 Å². The number of carboxylic acid groups (broad SMARTS) is 1. The Labute approximate surface area is 255 Å². The minimum atomic E-state index is -1.02. The maximum atomic E-state index is 12.6. The van der Waals surface area contributed by atoms with Crippen molar-refractivity contribution < 1.29 is 48.7 Å². The van der Waals surface area contributed by atoms with Gasteiger partial charge in [0.15, 0.2) is 0 Å². The maximum absolute atomic E-state index is 12.6. The molecule has 2 fully saturated rings. The lowest BCUT2D eigenvalue weighted by molar-refractivity contribution is -0.162. The number of rotatable bonds is 16. The summed E-state index contributed by atoms with van der Waals surface area (Å²) in [6, 6.07) is 0. The second-order valence-corrected chi connectivity index (χ2v) is 12.6. The highest BCUT2D eigenvalue weighted by atomic mass is 16.6. The summed E-state index contributed by atoms with van der Waals surface area (Å²) in [5, 5.41) is 30.4. The number of hydrogen-bond donors (Lipinski definition) is 3. The molecule has 0 amide bonds. The van der Waals surface area contributed by atoms with Gasteiger partial charge in [0.25, 0.3) is 0 Å². The molecule has 0 aromatic carbocycles. The number of carbonyl (C=O) groups is 3. The van der Waals surface area contributed by atoms with Crippen molar-refractivity contribution in [2.75, 3.05) is 26.4 Å². The summed E-state index contributed by atoms with van der Waals surface area (Å²) < 4.78 is 22.9. The predicted octanol–water partition coefficient (Wildman–Crippen LogP) is 4.07. The number of hydrogen-bond acceptors (Lipinski definition) is 9. The molecular weight excluding hydrogens is 556 g/mol. The highest BCUT2D eigenvalue weighted by Gasteiger charge is 2.40. The van der Waals surface area contributed by atoms with Gasteiger partial charge in [0.05, 0.1) is 37.3 Å². The van der Waals surface area contributed by atoms with Crippen molar-refractivity contribution in [2.24, 2.45) is 35.5 Å². The second kappa shape index (κ2) is 17.9. The minimum absolute atomic E-state index is 0.0181. The van der Waals surface area contributed by atoms with E-state index in [0.29, 0.717) is 36.5 Å². The van der Waals surface area contributed by atoms with Crippen LogP contribution in [0.4, 0.5) is 0 Å². The number of aliphatic hydroxyl groups excluding tert-OH is 2. The summed E-state index contributed by atoms with van der Waals surface area (Å²) >= 11 is 0. The molecule has 0 radical (unpaired) electrons. The first-order chi connectivity index (χ1) is 20.6. The van der Waals surface area contributed by atoms with E-state index in [-0.39, 0.29) is 38.6 Å². The Balaban J connectivity index is 1.54. The minimum Gasteiger partial charge on any atom is -0.481 e. The Hall–Kier alpha value is -2.27. The average molecular weight is 609 g/mol. The lowest BCUT2D eigenvalue weighted by atomic mass is 9.69. The largest absolute Gasteiger partial charge is 0.481 e. The zero-order chi connectivity index (χ0) is 31.4. The van der Waals surface area contributed by atoms with Gasteiger partial charge in [-0.05, 0) is 68.6 Å². The van der Waals surface area contributed by atoms with Crippen LogP contribution in [0.25, 0.3) is 0 Å². The van der Waals surface area contributed by atoms with Gasteiger partial charge in [0.2, 0.25) is 0 Å². The Morgan fingerprint density at radius 3 is 2.02 bits per heavy atom. The van der Waals surface area contributed by atoms with Crippen LogP contribution in [0.5, 0.6) is 0 Å². The lowest BCUT2D eigenvalue weighted by Crippen LogP contribution is -2.43. The summed E-state index contributed by atoms with van der Waals surface area (Å²) in [5.74, 6) is -2.47. The Bertz CT molecular complexity index is 935. The molecule has 3 N–H and O–H groups in total. The quantitative estimate of drug-likeness (QED) is 0.133. The number of esters is 2. The molecule has 10 atom stereocenters. The molecule has 10 heteroatoms. The number of ether oxygens (including phenoxy) is 4. The first kappa shape index (κ1) is 35.2. The third-order valence-electron chi connectivity index (χ3n) is 9.49. The molecule has 244 valence electrons. The molecular formula is C33H52O10. The summed E-state index contributed by atoms with van der Waals surface area (Å²) in [7, 11) is 0. The summed E-state index contributed by atoms with van der Waals surface area (Å²) in [4.78, 5) is 35.5. The smallest absolute Gasteiger partial charge is 0.330 e. The van der Waals surface area contributed by atoms with Gasteiger partial charge < -0.3 is 34.3 Å². The topological polar surface area (TPSA) is 149 Å². The third kappa shape index (κ3) is 10.7. The van der Waals surface area contributed by atoms with Crippen LogP contribution in [0.3, 0.4) is 0 Å². The van der Waals surface area contributed by atoms with Crippen LogP contribution < -0.4 is 0 Å². The van der Waals surface area contributed by atoms with E-state index >= 15 is 0 Å². The van der Waals surface area contributed by atoms with E-state index in [9.17, 15) is 29.7 Å². The Morgan fingerprint density at radius 1 is 0.837 bits per heavy atom. The molecule has 2 saturated carbocycles. The maximum Gasteiger partial charge on any atom is 0.330 e. The van der Waals surface area contributed by atoms with Crippen molar-refractivity contribution >= 4 is 17.9 Å². The normalized spacial score (nSPS) is 32.4. The van der Waals surface area contributed by atoms with E-state index in [4.69, 9.17) is 18.9 Å². The SMILES string of the molecule is C=CC(=O)OCC(O)COC1C(C)CCCC1CC1CCCC(CC)C1OCC(O)COC(=O)C1CC=CCC1C(=O)O. The van der Waals surface area contributed by atoms with E-state index in [0.717, 1.165) is 57.4 Å². The van der Waals surface area contributed by atoms with Crippen LogP contribution in [0.15, 0.2) is 24.8 Å². The van der Waals surface area contributed by atoms with Gasteiger partial charge in [-0.15, -0.1) is 0 Å². The average Bonchev–Trinajstić information content (AvgIpc) is 3.01. The number of allylic oxidation sites excluding steroid dienone is 2. The molecule has 0 aliphatic heterocycles. The van der Waals surface area contributed by atoms with Crippen molar-refractivity contribution in [2.45, 2.75) is 102 Å². The van der Waals surface area contributed by atoms with Gasteiger partial charge in [0.1, 0.15) is 25.4 Å². The van der Waals surface area contributed by atoms with Crippen molar-refractivity contribution in [3.05, 3.63) is 24.8 Å². The summed E-state index contributed by atoms with van der Waals surface area (Å²) in [6.07, 6.45) is 11.6. The van der Waals surface area contributed by atoms with Crippen LogP contribution in [0.2, 0.25) is 0 Å². The van der Waals surface area contributed by atoms with Crippen molar-refractivity contribution in [3.63, 3.8) is 0 Å². The van der Waals surface area contributed by atoms with Crippen LogP contribution >= 0.6 is 0 Å². The molecule has 0 spiro atoms. The standard InChI is InChI=1S/C33H52O10/c1-4-22-11-9-13-24(16-23-12-8-10-21(3)30(23)41-18-25(34)17-40-29(36)5-2)31(22)42-19-26(35)20-43-33(39)28-15-7-6-14-27(28)32(37)38/h5-7,21-28,30-31,34-35H,2,4,8-20H2,1,3H3,(H,37,38). The number of carboxylic acids is 1. The molecule has 10 unspecified atom stereocenters. The molecule has 0 heterocycles. The summed E-state index contributed by atoms with van der Waals surface area (Å²) in [5.41, 5.74) is 0. The first-order valence-corrected chi connectivity index (χ1v) is 16.1. The van der Waals surface area contributed by atoms with E-state index < -0.39 is 42.0 Å². The monoisotopic (exact) mass is 608 g/mol. The molecule has 43 heavy (non-hydrogen) atoms. The van der Waals surface area contributed by atoms with Gasteiger partial charge in [0, 0.05) is 6.08 Å². The highest BCUT2D eigenvalue weighted by Crippen LogP contribution is 2.42. The third-order valence-corrected chi connectivity index (χ3v) is 9.49. The number of aliphatic hydroxyl groups is 2. The van der Waals surface area contributed by atoms with E-state index in [1.807, 2.05) is 0 Å². The molecule has 3 aliphatic rings. The van der Waals surface area contributed by atoms with Gasteiger partial charge >= 0.3 is 17.9 Å². The molecule has 3 rings (SSSR count). The molecule has 0 aromatic rings. The lowest BCUT2D eigenvalue weighted by Gasteiger charge is -2.43. The second-order valence-electron chi connectivity index (χ2n) is 12.6. The van der Waals surface area contributed by atoms with Crippen molar-refractivity contribution in [1.29, 1.82) is 0 Å². The van der Waals surface area contributed by atoms with Crippen LogP contribution in [0, 0.1) is 35.5 Å². The molecule has 10 nitrogen and oxygen atoms in total. The van der Waals surface area contributed by atoms with E-state index in [1.54, 1.807) is 12.2 Å². The number of carbonyl (C=O) groups excluding carboxylic acids is 2. The van der Waals surface area contributed by atoms with Gasteiger partial charge in [-0.25, -0.2) is 4.79 Å². The van der Waals surface area contributed by atoms with Crippen molar-refractivity contribution in [1.82, 2.24) is 0 Å². The predicted molar refractivity (Wildman–Crippen MR) is 159 cm³/mol. The van der Waals surface area contributed by atoms with Crippen LogP contribution in [-0.4, -0.2) is 84.1 Å². The fraction of sp³-hybridized carbons (Fsp3) is 0.788. The summed E-state index contributed by atoms with van der Waals surface area (Å²) in [6.45, 7) is 7.46. The zero-order valence-electron chi connectivity index (χ0n) is 25.8. The molecule has 0 aromatic heterocycles. The van der Waals surface area contributed by atoms with Gasteiger partial charge in [-0.2, -0.15) is 0 Å². The van der Waals surface area contributed by atoms with Gasteiger partial charge in [-0.3, -0.25) is 9.59 Å². The van der Waals surface area contributed by atoms with Crippen LogP contribution in [0.1, 0.15) is 78.1 Å².